The SMILES string of the molecule is CC(C)OC(=O)c1cc(-n2c(=O)cc(C(F)(F)F)n(C)c2=O)ccc1Cl.CP(=O)(O)CCC(N)C(=O)O.CS(=O)(=O)c1cc(Cl)ccc1C(=O)c1cnoc1C1CC1. The molecule has 23 heteroatoms. The molecule has 2 heterocycles. The van der Waals surface area contributed by atoms with Gasteiger partial charge in [-0.15, -0.1) is 0 Å². The van der Waals surface area contributed by atoms with Crippen LogP contribution in [-0.4, -0.2) is 81.7 Å². The van der Waals surface area contributed by atoms with Crippen LogP contribution in [0.3, 0.4) is 0 Å². The van der Waals surface area contributed by atoms with Crippen molar-refractivity contribution in [3.63, 3.8) is 0 Å². The van der Waals surface area contributed by atoms with Gasteiger partial charge < -0.3 is 25.0 Å². The molecule has 5 rings (SSSR count). The first kappa shape index (κ1) is 47.8. The molecule has 1 aliphatic rings. The number of carboxylic acid groups (broad SMARTS) is 1. The summed E-state index contributed by atoms with van der Waals surface area (Å²) in [4.78, 5) is 67.9. The minimum Gasteiger partial charge on any atom is -0.480 e. The number of hydrogen-bond acceptors (Lipinski definition) is 12. The van der Waals surface area contributed by atoms with E-state index in [9.17, 15) is 50.1 Å². The minimum absolute atomic E-state index is 0.0104. The Morgan fingerprint density at radius 2 is 1.69 bits per heavy atom. The van der Waals surface area contributed by atoms with Gasteiger partial charge in [-0.05, 0) is 69.5 Å². The van der Waals surface area contributed by atoms with Gasteiger partial charge in [-0.2, -0.15) is 13.2 Å². The van der Waals surface area contributed by atoms with Gasteiger partial charge in [0.1, 0.15) is 11.7 Å². The monoisotopic (exact) mass is 896 g/mol. The fourth-order valence-electron chi connectivity index (χ4n) is 4.92. The highest BCUT2D eigenvalue weighted by molar-refractivity contribution is 7.90. The molecule has 1 fully saturated rings. The third-order valence-electron chi connectivity index (χ3n) is 7.93. The molecule has 2 aromatic carbocycles. The molecule has 2 atom stereocenters. The number of rotatable bonds is 11. The van der Waals surface area contributed by atoms with Crippen molar-refractivity contribution in [2.24, 2.45) is 12.8 Å². The normalized spacial score (nSPS) is 14.3. The first-order chi connectivity index (χ1) is 26.6. The average molecular weight is 898 g/mol. The second-order valence-electron chi connectivity index (χ2n) is 13.3. The summed E-state index contributed by atoms with van der Waals surface area (Å²) >= 11 is 11.8. The minimum atomic E-state index is -4.86. The summed E-state index contributed by atoms with van der Waals surface area (Å²) in [5.74, 6) is -1.59. The van der Waals surface area contributed by atoms with Crippen molar-refractivity contribution < 1.29 is 59.8 Å². The molecular formula is C35H38Cl2F3N4O12PS. The smallest absolute Gasteiger partial charge is 0.431 e. The predicted octanol–water partition coefficient (Wildman–Crippen LogP) is 5.30. The summed E-state index contributed by atoms with van der Waals surface area (Å²) in [5, 5.41) is 12.2. The lowest BCUT2D eigenvalue weighted by Crippen LogP contribution is -2.40. The van der Waals surface area contributed by atoms with Gasteiger partial charge in [0, 0.05) is 48.7 Å². The number of ether oxygens (including phenoxy) is 1. The molecule has 1 aliphatic carbocycles. The maximum Gasteiger partial charge on any atom is 0.431 e. The van der Waals surface area contributed by atoms with Crippen molar-refractivity contribution in [3.05, 3.63) is 108 Å². The van der Waals surface area contributed by atoms with Crippen molar-refractivity contribution in [1.29, 1.82) is 0 Å². The van der Waals surface area contributed by atoms with Crippen LogP contribution < -0.4 is 17.0 Å². The summed E-state index contributed by atoms with van der Waals surface area (Å²) in [6.07, 6.45) is -1.01. The molecule has 316 valence electrons. The Morgan fingerprint density at radius 3 is 2.21 bits per heavy atom. The molecule has 0 radical (unpaired) electrons. The topological polar surface area (TPSA) is 248 Å². The number of nitrogens with zero attached hydrogens (tertiary/aromatic N) is 3. The van der Waals surface area contributed by atoms with E-state index in [0.717, 1.165) is 32.2 Å². The number of esters is 1. The maximum absolute atomic E-state index is 12.9. The number of nitrogens with two attached hydrogens (primary N) is 1. The third kappa shape index (κ3) is 13.0. The van der Waals surface area contributed by atoms with Crippen LogP contribution in [0.2, 0.25) is 10.0 Å². The van der Waals surface area contributed by atoms with E-state index < -0.39 is 70.2 Å². The van der Waals surface area contributed by atoms with Crippen molar-refractivity contribution >= 4 is 58.1 Å². The van der Waals surface area contributed by atoms with Gasteiger partial charge in [0.2, 0.25) is 0 Å². The molecule has 16 nitrogen and oxygen atoms in total. The van der Waals surface area contributed by atoms with E-state index in [0.29, 0.717) is 26.5 Å². The molecular weight excluding hydrogens is 859 g/mol. The zero-order chi connectivity index (χ0) is 44.1. The summed E-state index contributed by atoms with van der Waals surface area (Å²) in [6.45, 7) is 4.42. The molecule has 0 spiro atoms. The van der Waals surface area contributed by atoms with E-state index in [1.165, 1.54) is 43.2 Å². The zero-order valence-corrected chi connectivity index (χ0v) is 34.5. The van der Waals surface area contributed by atoms with Gasteiger partial charge in [0.15, 0.2) is 28.7 Å². The summed E-state index contributed by atoms with van der Waals surface area (Å²) < 4.78 is 84.0. The molecule has 2 aromatic heterocycles. The van der Waals surface area contributed by atoms with Gasteiger partial charge in [-0.3, -0.25) is 23.5 Å². The number of carbonyl (C=O) groups excluding carboxylic acids is 2. The van der Waals surface area contributed by atoms with Gasteiger partial charge in [-0.25, -0.2) is 22.6 Å². The standard InChI is InChI=1S/C16H14ClF3N2O4.C14H12ClNO4S.C5H12NO4P/c1-8(2)26-14(24)10-6-9(4-5-11(10)17)22-13(23)7-12(16(18,19)20)21(3)15(22)25;1-21(18,19)12-6-9(15)4-5-10(12)13(17)11-7-16-20-14(11)8-2-3-8;1-11(9,10)3-2-4(6)5(7)8/h4-8H,1-3H3;4-8H,2-3H2,1H3;4H,2-3,6H2,1H3,(H,7,8)(H,9,10). The molecule has 0 saturated heterocycles. The van der Waals surface area contributed by atoms with Crippen LogP contribution in [0.5, 0.6) is 0 Å². The molecule has 58 heavy (non-hydrogen) atoms. The highest BCUT2D eigenvalue weighted by Crippen LogP contribution is 2.42. The fraction of sp³-hybridized carbons (Fsp3) is 0.371. The van der Waals surface area contributed by atoms with Crippen molar-refractivity contribution in [2.75, 3.05) is 19.1 Å². The Kier molecular flexibility index (Phi) is 15.6. The van der Waals surface area contributed by atoms with E-state index in [-0.39, 0.29) is 50.3 Å². The van der Waals surface area contributed by atoms with Gasteiger partial charge >= 0.3 is 23.8 Å². The Morgan fingerprint density at radius 1 is 1.07 bits per heavy atom. The molecule has 0 amide bonds. The third-order valence-corrected chi connectivity index (χ3v) is 10.7. The number of halogens is 5. The van der Waals surface area contributed by atoms with E-state index in [2.05, 4.69) is 5.16 Å². The van der Waals surface area contributed by atoms with Gasteiger partial charge in [0.25, 0.3) is 5.56 Å². The number of hydrogen-bond donors (Lipinski definition) is 3. The molecule has 4 aromatic rings. The maximum atomic E-state index is 12.9. The Bertz CT molecular complexity index is 2480. The van der Waals surface area contributed by atoms with Crippen molar-refractivity contribution in [1.82, 2.24) is 14.3 Å². The zero-order valence-electron chi connectivity index (χ0n) is 31.3. The highest BCUT2D eigenvalue weighted by Gasteiger charge is 2.36. The number of carboxylic acids is 1. The number of carbonyl (C=O) groups is 3. The summed E-state index contributed by atoms with van der Waals surface area (Å²) in [6, 6.07) is 7.08. The van der Waals surface area contributed by atoms with Crippen LogP contribution in [0.25, 0.3) is 5.69 Å². The number of ketones is 1. The van der Waals surface area contributed by atoms with E-state index in [1.807, 2.05) is 0 Å². The lowest BCUT2D eigenvalue weighted by molar-refractivity contribution is -0.144. The first-order valence-corrected chi connectivity index (χ1v) is 21.8. The number of benzene rings is 2. The molecule has 4 N–H and O–H groups in total. The number of aromatic nitrogens is 3. The van der Waals surface area contributed by atoms with E-state index in [4.69, 9.17) is 48.2 Å². The number of aliphatic carboxylic acids is 1. The second kappa shape index (κ2) is 19.0. The van der Waals surface area contributed by atoms with Crippen LogP contribution in [0.4, 0.5) is 13.2 Å². The molecule has 0 bridgehead atoms. The lowest BCUT2D eigenvalue weighted by atomic mass is 10.0. The van der Waals surface area contributed by atoms with Crippen molar-refractivity contribution in [3.8, 4) is 5.69 Å². The predicted molar refractivity (Wildman–Crippen MR) is 205 cm³/mol. The fourth-order valence-corrected chi connectivity index (χ4v) is 7.01. The lowest BCUT2D eigenvalue weighted by Gasteiger charge is -2.15. The van der Waals surface area contributed by atoms with Crippen LogP contribution >= 0.6 is 30.6 Å². The van der Waals surface area contributed by atoms with Crippen LogP contribution in [-0.2, 0) is 37.2 Å². The molecule has 1 saturated carbocycles. The van der Waals surface area contributed by atoms with E-state index in [1.54, 1.807) is 13.8 Å². The first-order valence-electron chi connectivity index (χ1n) is 16.8. The van der Waals surface area contributed by atoms with E-state index >= 15 is 0 Å². The van der Waals surface area contributed by atoms with Gasteiger partial charge in [0.05, 0.1) is 39.0 Å². The Labute approximate surface area is 338 Å². The molecule has 0 aliphatic heterocycles. The van der Waals surface area contributed by atoms with Crippen molar-refractivity contribution in [2.45, 2.75) is 62.2 Å². The largest absolute Gasteiger partial charge is 0.480 e. The Hall–Kier alpha value is -4.59. The summed E-state index contributed by atoms with van der Waals surface area (Å²) in [7, 11) is -5.77. The average Bonchev–Trinajstić information content (AvgIpc) is 3.83. The van der Waals surface area contributed by atoms with Crippen LogP contribution in [0.1, 0.15) is 76.8 Å². The quantitative estimate of drug-likeness (QED) is 0.0982. The van der Waals surface area contributed by atoms with Crippen LogP contribution in [0, 0.1) is 0 Å². The number of alkyl halides is 3. The number of sulfone groups is 1. The Balaban J connectivity index is 0.000000252. The molecule has 2 unspecified atom stereocenters. The second-order valence-corrected chi connectivity index (χ2v) is 18.7. The van der Waals surface area contributed by atoms with Gasteiger partial charge in [-0.1, -0.05) is 28.4 Å². The summed E-state index contributed by atoms with van der Waals surface area (Å²) in [5.41, 5.74) is 1.50. The van der Waals surface area contributed by atoms with Crippen LogP contribution in [0.15, 0.2) is 67.7 Å². The highest BCUT2D eigenvalue weighted by atomic mass is 35.5.